The van der Waals surface area contributed by atoms with Crippen LogP contribution in [0.5, 0.6) is 0 Å². The molecule has 94 valence electrons. The van der Waals surface area contributed by atoms with Crippen LogP contribution in [-0.2, 0) is 11.3 Å². The maximum atomic E-state index is 11.9. The standard InChI is InChI=1S/C11H16N2O4/c1-3-13(7-9-5-4-6-17-9)11(16)12(2)8-10(14)15/h4-6H,3,7-8H2,1-2H3,(H,14,15). The lowest BCUT2D eigenvalue weighted by atomic mass is 10.4. The molecule has 6 nitrogen and oxygen atoms in total. The molecule has 2 amide bonds. The molecule has 1 aromatic rings. The maximum Gasteiger partial charge on any atom is 0.323 e. The van der Waals surface area contributed by atoms with Gasteiger partial charge in [0, 0.05) is 13.6 Å². The van der Waals surface area contributed by atoms with Gasteiger partial charge in [0.05, 0.1) is 12.8 Å². The molecule has 1 aromatic heterocycles. The molecule has 1 rings (SSSR count). The molecule has 0 aliphatic carbocycles. The van der Waals surface area contributed by atoms with Crippen molar-refractivity contribution in [3.63, 3.8) is 0 Å². The summed E-state index contributed by atoms with van der Waals surface area (Å²) in [7, 11) is 1.46. The fourth-order valence-corrected chi connectivity index (χ4v) is 1.42. The second-order valence-corrected chi connectivity index (χ2v) is 3.63. The van der Waals surface area contributed by atoms with E-state index in [-0.39, 0.29) is 12.6 Å². The molecular weight excluding hydrogens is 224 g/mol. The largest absolute Gasteiger partial charge is 0.480 e. The van der Waals surface area contributed by atoms with Crippen LogP contribution in [0.3, 0.4) is 0 Å². The minimum absolute atomic E-state index is 0.312. The fourth-order valence-electron chi connectivity index (χ4n) is 1.42. The van der Waals surface area contributed by atoms with Crippen LogP contribution in [0.1, 0.15) is 12.7 Å². The topological polar surface area (TPSA) is 74.0 Å². The van der Waals surface area contributed by atoms with E-state index in [4.69, 9.17) is 9.52 Å². The van der Waals surface area contributed by atoms with Crippen molar-refractivity contribution < 1.29 is 19.1 Å². The van der Waals surface area contributed by atoms with Crippen molar-refractivity contribution in [2.24, 2.45) is 0 Å². The molecule has 1 heterocycles. The summed E-state index contributed by atoms with van der Waals surface area (Å²) in [6.07, 6.45) is 1.54. The van der Waals surface area contributed by atoms with Crippen LogP contribution >= 0.6 is 0 Å². The molecule has 17 heavy (non-hydrogen) atoms. The van der Waals surface area contributed by atoms with E-state index in [1.165, 1.54) is 18.2 Å². The van der Waals surface area contributed by atoms with E-state index in [0.29, 0.717) is 18.8 Å². The van der Waals surface area contributed by atoms with Gasteiger partial charge in [-0.15, -0.1) is 0 Å². The number of carbonyl (C=O) groups is 2. The highest BCUT2D eigenvalue weighted by Gasteiger charge is 2.19. The number of carbonyl (C=O) groups excluding carboxylic acids is 1. The quantitative estimate of drug-likeness (QED) is 0.840. The summed E-state index contributed by atoms with van der Waals surface area (Å²) in [6.45, 7) is 2.35. The number of hydrogen-bond donors (Lipinski definition) is 1. The first-order valence-corrected chi connectivity index (χ1v) is 5.28. The summed E-state index contributed by atoms with van der Waals surface area (Å²) in [5.74, 6) is -0.362. The Morgan fingerprint density at radius 1 is 1.47 bits per heavy atom. The van der Waals surface area contributed by atoms with Crippen LogP contribution in [0, 0.1) is 0 Å². The van der Waals surface area contributed by atoms with Crippen molar-refractivity contribution in [3.05, 3.63) is 24.2 Å². The average molecular weight is 240 g/mol. The van der Waals surface area contributed by atoms with Crippen molar-refractivity contribution in [2.75, 3.05) is 20.1 Å². The Kier molecular flexibility index (Phi) is 4.56. The van der Waals surface area contributed by atoms with Gasteiger partial charge in [-0.3, -0.25) is 4.79 Å². The first kappa shape index (κ1) is 13.1. The first-order chi connectivity index (χ1) is 8.04. The zero-order valence-corrected chi connectivity index (χ0v) is 9.92. The van der Waals surface area contributed by atoms with Gasteiger partial charge in [0.25, 0.3) is 0 Å². The summed E-state index contributed by atoms with van der Waals surface area (Å²) in [4.78, 5) is 25.1. The number of likely N-dealkylation sites (N-methyl/N-ethyl adjacent to an activating group) is 1. The third kappa shape index (κ3) is 3.82. The number of aliphatic carboxylic acids is 1. The van der Waals surface area contributed by atoms with Crippen molar-refractivity contribution in [3.8, 4) is 0 Å². The van der Waals surface area contributed by atoms with E-state index >= 15 is 0 Å². The molecule has 0 saturated heterocycles. The van der Waals surface area contributed by atoms with Gasteiger partial charge in [0.2, 0.25) is 0 Å². The first-order valence-electron chi connectivity index (χ1n) is 5.28. The van der Waals surface area contributed by atoms with Gasteiger partial charge in [-0.1, -0.05) is 0 Å². The summed E-state index contributed by atoms with van der Waals surface area (Å²) < 4.78 is 5.15. The Balaban J connectivity index is 2.60. The maximum absolute atomic E-state index is 11.9. The van der Waals surface area contributed by atoms with Gasteiger partial charge in [0.15, 0.2) is 0 Å². The van der Waals surface area contributed by atoms with Crippen molar-refractivity contribution >= 4 is 12.0 Å². The zero-order valence-electron chi connectivity index (χ0n) is 9.92. The van der Waals surface area contributed by atoms with Crippen LogP contribution in [0.15, 0.2) is 22.8 Å². The zero-order chi connectivity index (χ0) is 12.8. The van der Waals surface area contributed by atoms with E-state index in [2.05, 4.69) is 0 Å². The van der Waals surface area contributed by atoms with Crippen molar-refractivity contribution in [2.45, 2.75) is 13.5 Å². The lowest BCUT2D eigenvalue weighted by Gasteiger charge is -2.25. The minimum Gasteiger partial charge on any atom is -0.480 e. The Hall–Kier alpha value is -1.98. The molecule has 1 N–H and O–H groups in total. The third-order valence-electron chi connectivity index (χ3n) is 2.28. The Labute approximate surface area is 99.4 Å². The molecule has 0 aliphatic heterocycles. The summed E-state index contributed by atoms with van der Waals surface area (Å²) in [5, 5.41) is 8.61. The number of hydrogen-bond acceptors (Lipinski definition) is 3. The van der Waals surface area contributed by atoms with E-state index in [1.54, 1.807) is 12.1 Å². The summed E-state index contributed by atoms with van der Waals surface area (Å²) in [6, 6.07) is 3.19. The monoisotopic (exact) mass is 240 g/mol. The van der Waals surface area contributed by atoms with Crippen molar-refractivity contribution in [1.82, 2.24) is 9.80 Å². The van der Waals surface area contributed by atoms with Crippen LogP contribution in [0.4, 0.5) is 4.79 Å². The van der Waals surface area contributed by atoms with E-state index in [0.717, 1.165) is 4.90 Å². The Morgan fingerprint density at radius 2 is 2.18 bits per heavy atom. The molecule has 0 aromatic carbocycles. The minimum atomic E-state index is -1.03. The molecule has 0 fully saturated rings. The molecule has 0 saturated carbocycles. The second kappa shape index (κ2) is 5.93. The van der Waals surface area contributed by atoms with Crippen LogP contribution in [0.25, 0.3) is 0 Å². The van der Waals surface area contributed by atoms with Gasteiger partial charge in [-0.05, 0) is 19.1 Å². The highest BCUT2D eigenvalue weighted by Crippen LogP contribution is 2.07. The van der Waals surface area contributed by atoms with E-state index in [1.807, 2.05) is 6.92 Å². The third-order valence-corrected chi connectivity index (χ3v) is 2.28. The average Bonchev–Trinajstić information content (AvgIpc) is 2.76. The number of carboxylic acid groups (broad SMARTS) is 1. The normalized spacial score (nSPS) is 10.0. The molecule has 6 heteroatoms. The fraction of sp³-hybridized carbons (Fsp3) is 0.455. The predicted molar refractivity (Wildman–Crippen MR) is 60.5 cm³/mol. The summed E-state index contributed by atoms with van der Waals surface area (Å²) >= 11 is 0. The van der Waals surface area contributed by atoms with Gasteiger partial charge < -0.3 is 19.3 Å². The number of amides is 2. The number of furan rings is 1. The highest BCUT2D eigenvalue weighted by atomic mass is 16.4. The second-order valence-electron chi connectivity index (χ2n) is 3.63. The van der Waals surface area contributed by atoms with Gasteiger partial charge >= 0.3 is 12.0 Å². The molecule has 0 radical (unpaired) electrons. The SMILES string of the molecule is CCN(Cc1ccco1)C(=O)N(C)CC(=O)O. The van der Waals surface area contributed by atoms with Crippen LogP contribution < -0.4 is 0 Å². The molecule has 0 spiro atoms. The summed E-state index contributed by atoms with van der Waals surface area (Å²) in [5.41, 5.74) is 0. The number of urea groups is 1. The highest BCUT2D eigenvalue weighted by molar-refractivity contribution is 5.79. The molecule has 0 aliphatic rings. The number of rotatable bonds is 5. The predicted octanol–water partition coefficient (Wildman–Crippen LogP) is 1.24. The lowest BCUT2D eigenvalue weighted by molar-refractivity contribution is -0.137. The van der Waals surface area contributed by atoms with Crippen molar-refractivity contribution in [1.29, 1.82) is 0 Å². The Bertz CT molecular complexity index is 375. The Morgan fingerprint density at radius 3 is 2.65 bits per heavy atom. The van der Waals surface area contributed by atoms with E-state index < -0.39 is 5.97 Å². The smallest absolute Gasteiger partial charge is 0.323 e. The molecule has 0 unspecified atom stereocenters. The molecule has 0 bridgehead atoms. The number of nitrogens with zero attached hydrogens (tertiary/aromatic N) is 2. The van der Waals surface area contributed by atoms with E-state index in [9.17, 15) is 9.59 Å². The molecular formula is C11H16N2O4. The van der Waals surface area contributed by atoms with Crippen LogP contribution in [-0.4, -0.2) is 47.0 Å². The number of carboxylic acids is 1. The van der Waals surface area contributed by atoms with Crippen LogP contribution in [0.2, 0.25) is 0 Å². The van der Waals surface area contributed by atoms with Gasteiger partial charge in [-0.2, -0.15) is 0 Å². The lowest BCUT2D eigenvalue weighted by Crippen LogP contribution is -2.42. The molecule has 0 atom stereocenters. The van der Waals surface area contributed by atoms with Gasteiger partial charge in [-0.25, -0.2) is 4.79 Å². The van der Waals surface area contributed by atoms with Gasteiger partial charge in [0.1, 0.15) is 12.3 Å².